The molecule has 0 aromatic heterocycles. The number of hydrogen-bond donors (Lipinski definition) is 2. The van der Waals surface area contributed by atoms with E-state index in [4.69, 9.17) is 4.74 Å². The summed E-state index contributed by atoms with van der Waals surface area (Å²) >= 11 is 0. The summed E-state index contributed by atoms with van der Waals surface area (Å²) in [6.07, 6.45) is 2.17. The Hall–Kier alpha value is -1.14. The molecule has 6 heteroatoms. The first kappa shape index (κ1) is 13.9. The monoisotopic (exact) mass is 243 g/mol. The van der Waals surface area contributed by atoms with Gasteiger partial charge in [-0.05, 0) is 12.8 Å². The van der Waals surface area contributed by atoms with E-state index in [1.807, 2.05) is 4.90 Å². The highest BCUT2D eigenvalue weighted by molar-refractivity contribution is 5.81. The van der Waals surface area contributed by atoms with E-state index in [-0.39, 0.29) is 24.9 Å². The van der Waals surface area contributed by atoms with Crippen LogP contribution in [0.15, 0.2) is 0 Å². The van der Waals surface area contributed by atoms with Crippen molar-refractivity contribution in [2.45, 2.75) is 12.8 Å². The number of ether oxygens (including phenoxy) is 1. The van der Waals surface area contributed by atoms with Gasteiger partial charge in [0, 0.05) is 26.7 Å². The van der Waals surface area contributed by atoms with Crippen molar-refractivity contribution in [2.75, 3.05) is 46.4 Å². The van der Waals surface area contributed by atoms with Crippen molar-refractivity contribution < 1.29 is 14.3 Å². The highest BCUT2D eigenvalue weighted by atomic mass is 16.5. The second-order valence-corrected chi connectivity index (χ2v) is 4.03. The number of carbonyl (C=O) groups is 2. The molecule has 0 unspecified atom stereocenters. The second-order valence-electron chi connectivity index (χ2n) is 4.03. The fourth-order valence-corrected chi connectivity index (χ4v) is 1.72. The van der Waals surface area contributed by atoms with Crippen LogP contribution in [0.5, 0.6) is 0 Å². The molecule has 0 aliphatic carbocycles. The summed E-state index contributed by atoms with van der Waals surface area (Å²) in [6.45, 7) is 3.09. The molecule has 0 saturated carbocycles. The number of nitrogens with zero attached hydrogens (tertiary/aromatic N) is 1. The maximum absolute atomic E-state index is 11.6. The van der Waals surface area contributed by atoms with Crippen LogP contribution in [0.4, 0.5) is 0 Å². The van der Waals surface area contributed by atoms with Gasteiger partial charge in [-0.15, -0.1) is 0 Å². The van der Waals surface area contributed by atoms with Gasteiger partial charge in [0.2, 0.25) is 11.8 Å². The Morgan fingerprint density at radius 1 is 1.24 bits per heavy atom. The molecule has 0 radical (unpaired) electrons. The zero-order valence-corrected chi connectivity index (χ0v) is 10.3. The van der Waals surface area contributed by atoms with Gasteiger partial charge in [0.25, 0.3) is 0 Å². The van der Waals surface area contributed by atoms with Gasteiger partial charge in [0.1, 0.15) is 0 Å². The lowest BCUT2D eigenvalue weighted by molar-refractivity contribution is -0.129. The minimum Gasteiger partial charge on any atom is -0.383 e. The maximum atomic E-state index is 11.6. The Morgan fingerprint density at radius 2 is 1.94 bits per heavy atom. The van der Waals surface area contributed by atoms with Crippen LogP contribution in [-0.2, 0) is 14.3 Å². The van der Waals surface area contributed by atoms with Gasteiger partial charge in [-0.2, -0.15) is 0 Å². The molecule has 0 atom stereocenters. The summed E-state index contributed by atoms with van der Waals surface area (Å²) in [7, 11) is 1.58. The molecule has 1 heterocycles. The van der Waals surface area contributed by atoms with Gasteiger partial charge in [-0.3, -0.25) is 14.9 Å². The molecule has 17 heavy (non-hydrogen) atoms. The number of hydrogen-bond acceptors (Lipinski definition) is 4. The van der Waals surface area contributed by atoms with E-state index in [0.717, 1.165) is 25.9 Å². The molecular weight excluding hydrogens is 222 g/mol. The van der Waals surface area contributed by atoms with Crippen LogP contribution >= 0.6 is 0 Å². The van der Waals surface area contributed by atoms with Crippen molar-refractivity contribution in [3.8, 4) is 0 Å². The molecule has 0 spiro atoms. The van der Waals surface area contributed by atoms with Gasteiger partial charge in [0.05, 0.1) is 19.7 Å². The van der Waals surface area contributed by atoms with Crippen molar-refractivity contribution in [3.05, 3.63) is 0 Å². The Labute approximate surface area is 102 Å². The fourth-order valence-electron chi connectivity index (χ4n) is 1.72. The molecule has 2 N–H and O–H groups in total. The van der Waals surface area contributed by atoms with Crippen molar-refractivity contribution in [1.82, 2.24) is 15.5 Å². The third kappa shape index (κ3) is 5.65. The van der Waals surface area contributed by atoms with E-state index in [2.05, 4.69) is 10.6 Å². The molecule has 1 fully saturated rings. The largest absolute Gasteiger partial charge is 0.383 e. The van der Waals surface area contributed by atoms with Crippen molar-refractivity contribution >= 4 is 11.8 Å². The minimum atomic E-state index is -0.115. The van der Waals surface area contributed by atoms with Crippen LogP contribution in [0.25, 0.3) is 0 Å². The summed E-state index contributed by atoms with van der Waals surface area (Å²) < 4.78 is 4.81. The van der Waals surface area contributed by atoms with Crippen LogP contribution in [0.3, 0.4) is 0 Å². The minimum absolute atomic E-state index is 0.0761. The number of carbonyl (C=O) groups excluding carboxylic acids is 2. The number of amides is 2. The third-order valence-corrected chi connectivity index (χ3v) is 2.65. The molecule has 1 aliphatic rings. The van der Waals surface area contributed by atoms with Gasteiger partial charge >= 0.3 is 0 Å². The van der Waals surface area contributed by atoms with E-state index in [1.165, 1.54) is 0 Å². The van der Waals surface area contributed by atoms with Gasteiger partial charge in [0.15, 0.2) is 0 Å². The summed E-state index contributed by atoms with van der Waals surface area (Å²) in [4.78, 5) is 24.7. The average molecular weight is 243 g/mol. The van der Waals surface area contributed by atoms with E-state index in [9.17, 15) is 9.59 Å². The average Bonchev–Trinajstić information content (AvgIpc) is 2.82. The molecule has 2 amide bonds. The van der Waals surface area contributed by atoms with Gasteiger partial charge < -0.3 is 15.0 Å². The predicted octanol–water partition coefficient (Wildman–Crippen LogP) is -1.04. The number of rotatable bonds is 7. The van der Waals surface area contributed by atoms with Crippen LogP contribution in [0.2, 0.25) is 0 Å². The standard InChI is InChI=1S/C11H21N3O3/c1-17-7-4-13-10(15)8-12-9-11(16)14-5-2-3-6-14/h12H,2-9H2,1H3,(H,13,15). The molecule has 1 saturated heterocycles. The molecular formula is C11H21N3O3. The fraction of sp³-hybridized carbons (Fsp3) is 0.818. The molecule has 98 valence electrons. The van der Waals surface area contributed by atoms with Crippen molar-refractivity contribution in [3.63, 3.8) is 0 Å². The first-order valence-electron chi connectivity index (χ1n) is 5.98. The predicted molar refractivity (Wildman–Crippen MR) is 63.6 cm³/mol. The maximum Gasteiger partial charge on any atom is 0.236 e. The molecule has 1 rings (SSSR count). The lowest BCUT2D eigenvalue weighted by Crippen LogP contribution is -2.41. The summed E-state index contributed by atoms with van der Waals surface area (Å²) in [5.41, 5.74) is 0. The van der Waals surface area contributed by atoms with Crippen LogP contribution in [0.1, 0.15) is 12.8 Å². The Morgan fingerprint density at radius 3 is 2.59 bits per heavy atom. The molecule has 0 bridgehead atoms. The summed E-state index contributed by atoms with van der Waals surface area (Å²) in [6, 6.07) is 0. The van der Waals surface area contributed by atoms with Gasteiger partial charge in [-0.1, -0.05) is 0 Å². The third-order valence-electron chi connectivity index (χ3n) is 2.65. The van der Waals surface area contributed by atoms with Crippen molar-refractivity contribution in [1.29, 1.82) is 0 Å². The number of likely N-dealkylation sites (tertiary alicyclic amines) is 1. The summed E-state index contributed by atoms with van der Waals surface area (Å²) in [5.74, 6) is -0.0385. The van der Waals surface area contributed by atoms with Crippen LogP contribution < -0.4 is 10.6 Å². The lowest BCUT2D eigenvalue weighted by Gasteiger charge is -2.15. The Kier molecular flexibility index (Phi) is 6.57. The lowest BCUT2D eigenvalue weighted by atomic mass is 10.4. The Bertz CT molecular complexity index is 252. The van der Waals surface area contributed by atoms with E-state index in [1.54, 1.807) is 7.11 Å². The molecule has 0 aromatic rings. The topological polar surface area (TPSA) is 70.7 Å². The number of nitrogens with one attached hydrogen (secondary N) is 2. The van der Waals surface area contributed by atoms with Crippen LogP contribution in [-0.4, -0.2) is 63.2 Å². The molecule has 0 aromatic carbocycles. The van der Waals surface area contributed by atoms with Gasteiger partial charge in [-0.25, -0.2) is 0 Å². The smallest absolute Gasteiger partial charge is 0.236 e. The SMILES string of the molecule is COCCNC(=O)CNCC(=O)N1CCCC1. The molecule has 1 aliphatic heterocycles. The van der Waals surface area contributed by atoms with E-state index >= 15 is 0 Å². The quantitative estimate of drug-likeness (QED) is 0.560. The second kappa shape index (κ2) is 8.03. The first-order valence-corrected chi connectivity index (χ1v) is 5.98. The normalized spacial score (nSPS) is 15.0. The van der Waals surface area contributed by atoms with Crippen molar-refractivity contribution in [2.24, 2.45) is 0 Å². The highest BCUT2D eigenvalue weighted by Gasteiger charge is 2.17. The highest BCUT2D eigenvalue weighted by Crippen LogP contribution is 2.06. The summed E-state index contributed by atoms with van der Waals surface area (Å²) in [5, 5.41) is 5.52. The Balaban J connectivity index is 2.02. The zero-order chi connectivity index (χ0) is 12.5. The van der Waals surface area contributed by atoms with E-state index < -0.39 is 0 Å². The number of methoxy groups -OCH3 is 1. The molecule has 6 nitrogen and oxygen atoms in total. The first-order chi connectivity index (χ1) is 8.24. The zero-order valence-electron chi connectivity index (χ0n) is 10.3. The van der Waals surface area contributed by atoms with E-state index in [0.29, 0.717) is 13.2 Å². The van der Waals surface area contributed by atoms with Crippen LogP contribution in [0, 0.1) is 0 Å².